The van der Waals surface area contributed by atoms with E-state index in [0.717, 1.165) is 18.0 Å². The number of benzene rings is 2. The SMILES string of the molecule is O=C1COc2ccccc2N1.c1ccc2c(c1)NCCS2. The largest absolute Gasteiger partial charge is 0.482 e. The van der Waals surface area contributed by atoms with Crippen LogP contribution in [0.3, 0.4) is 0 Å². The van der Waals surface area contributed by atoms with Crippen molar-refractivity contribution in [1.82, 2.24) is 0 Å². The molecule has 2 aliphatic rings. The van der Waals surface area contributed by atoms with Crippen LogP contribution in [0.25, 0.3) is 0 Å². The third-order valence-electron chi connectivity index (χ3n) is 3.08. The first-order valence-electron chi connectivity index (χ1n) is 6.80. The van der Waals surface area contributed by atoms with Gasteiger partial charge in [-0.25, -0.2) is 0 Å². The first-order chi connectivity index (χ1) is 10.3. The lowest BCUT2D eigenvalue weighted by Gasteiger charge is -2.16. The van der Waals surface area contributed by atoms with Crippen molar-refractivity contribution < 1.29 is 9.53 Å². The van der Waals surface area contributed by atoms with Crippen molar-refractivity contribution in [2.75, 3.05) is 29.5 Å². The molecule has 2 aromatic carbocycles. The van der Waals surface area contributed by atoms with Crippen LogP contribution in [0.2, 0.25) is 0 Å². The average molecular weight is 300 g/mol. The fraction of sp³-hybridized carbons (Fsp3) is 0.188. The number of carbonyl (C=O) groups is 1. The number of anilines is 2. The maximum Gasteiger partial charge on any atom is 0.262 e. The quantitative estimate of drug-likeness (QED) is 0.784. The van der Waals surface area contributed by atoms with Crippen molar-refractivity contribution in [2.45, 2.75) is 4.90 Å². The molecular weight excluding hydrogens is 284 g/mol. The molecule has 0 atom stereocenters. The van der Waals surface area contributed by atoms with Crippen molar-refractivity contribution in [1.29, 1.82) is 0 Å². The van der Waals surface area contributed by atoms with Crippen LogP contribution in [-0.2, 0) is 4.79 Å². The fourth-order valence-electron chi connectivity index (χ4n) is 2.11. The van der Waals surface area contributed by atoms with Crippen LogP contribution in [-0.4, -0.2) is 24.8 Å². The number of thioether (sulfide) groups is 1. The molecule has 0 spiro atoms. The van der Waals surface area contributed by atoms with Gasteiger partial charge in [0, 0.05) is 22.9 Å². The molecule has 1 amide bonds. The van der Waals surface area contributed by atoms with E-state index in [1.54, 1.807) is 0 Å². The van der Waals surface area contributed by atoms with Crippen LogP contribution in [0.5, 0.6) is 5.75 Å². The Bertz CT molecular complexity index is 621. The van der Waals surface area contributed by atoms with E-state index in [-0.39, 0.29) is 12.5 Å². The Morgan fingerprint density at radius 3 is 2.62 bits per heavy atom. The first-order valence-corrected chi connectivity index (χ1v) is 7.79. The highest BCUT2D eigenvalue weighted by atomic mass is 32.2. The third-order valence-corrected chi connectivity index (χ3v) is 4.16. The van der Waals surface area contributed by atoms with Crippen molar-refractivity contribution >= 4 is 29.0 Å². The number of fused-ring (bicyclic) bond motifs is 2. The molecule has 0 bridgehead atoms. The molecule has 0 saturated carbocycles. The minimum Gasteiger partial charge on any atom is -0.482 e. The molecule has 0 unspecified atom stereocenters. The summed E-state index contributed by atoms with van der Waals surface area (Å²) >= 11 is 1.93. The predicted molar refractivity (Wildman–Crippen MR) is 86.2 cm³/mol. The molecular formula is C16H16N2O2S. The van der Waals surface area contributed by atoms with E-state index in [1.807, 2.05) is 36.0 Å². The minimum absolute atomic E-state index is 0.0938. The van der Waals surface area contributed by atoms with Gasteiger partial charge in [-0.3, -0.25) is 4.79 Å². The van der Waals surface area contributed by atoms with Gasteiger partial charge in [-0.15, -0.1) is 11.8 Å². The van der Waals surface area contributed by atoms with Gasteiger partial charge in [0.1, 0.15) is 5.75 Å². The van der Waals surface area contributed by atoms with Crippen LogP contribution >= 0.6 is 11.8 Å². The summed E-state index contributed by atoms with van der Waals surface area (Å²) in [6.07, 6.45) is 0. The fourth-order valence-corrected chi connectivity index (χ4v) is 3.01. The van der Waals surface area contributed by atoms with Crippen molar-refractivity contribution in [3.8, 4) is 5.75 Å². The lowest BCUT2D eigenvalue weighted by atomic mass is 10.2. The summed E-state index contributed by atoms with van der Waals surface area (Å²) in [7, 11) is 0. The van der Waals surface area contributed by atoms with Gasteiger partial charge < -0.3 is 15.4 Å². The van der Waals surface area contributed by atoms with E-state index in [1.165, 1.54) is 16.3 Å². The second kappa shape index (κ2) is 6.54. The Labute approximate surface area is 127 Å². The molecule has 2 N–H and O–H groups in total. The second-order valence-electron chi connectivity index (χ2n) is 4.60. The highest BCUT2D eigenvalue weighted by Gasteiger charge is 2.13. The standard InChI is InChI=1S/C8H7NO2.C8H9NS/c10-8-5-11-7-4-2-1-3-6(7)9-8;1-2-4-8-7(3-1)9-5-6-10-8/h1-4H,5H2,(H,9,10);1-4,9H,5-6H2. The van der Waals surface area contributed by atoms with Gasteiger partial charge in [-0.05, 0) is 24.3 Å². The van der Waals surface area contributed by atoms with Crippen LogP contribution in [0, 0.1) is 0 Å². The molecule has 2 aliphatic heterocycles. The monoisotopic (exact) mass is 300 g/mol. The highest BCUT2D eigenvalue weighted by Crippen LogP contribution is 2.29. The third kappa shape index (κ3) is 3.49. The maximum atomic E-state index is 10.8. The van der Waals surface area contributed by atoms with Crippen LogP contribution in [0.15, 0.2) is 53.4 Å². The Morgan fingerprint density at radius 2 is 1.76 bits per heavy atom. The number of para-hydroxylation sites is 3. The number of nitrogens with one attached hydrogen (secondary N) is 2. The van der Waals surface area contributed by atoms with Crippen LogP contribution in [0.1, 0.15) is 0 Å². The number of amides is 1. The molecule has 2 heterocycles. The van der Waals surface area contributed by atoms with Gasteiger partial charge in [0.25, 0.3) is 5.91 Å². The zero-order valence-electron chi connectivity index (χ0n) is 11.5. The number of rotatable bonds is 0. The van der Waals surface area contributed by atoms with E-state index >= 15 is 0 Å². The summed E-state index contributed by atoms with van der Waals surface area (Å²) in [4.78, 5) is 12.2. The van der Waals surface area contributed by atoms with Crippen molar-refractivity contribution in [3.63, 3.8) is 0 Å². The molecule has 2 aromatic rings. The maximum absolute atomic E-state index is 10.8. The lowest BCUT2D eigenvalue weighted by Crippen LogP contribution is -2.25. The average Bonchev–Trinajstić information content (AvgIpc) is 2.55. The lowest BCUT2D eigenvalue weighted by molar-refractivity contribution is -0.118. The summed E-state index contributed by atoms with van der Waals surface area (Å²) in [5.41, 5.74) is 2.04. The second-order valence-corrected chi connectivity index (χ2v) is 5.74. The van der Waals surface area contributed by atoms with Gasteiger partial charge >= 0.3 is 0 Å². The molecule has 0 saturated heterocycles. The topological polar surface area (TPSA) is 50.4 Å². The Balaban J connectivity index is 0.000000126. The Hall–Kier alpha value is -2.14. The Morgan fingerprint density at radius 1 is 1.00 bits per heavy atom. The highest BCUT2D eigenvalue weighted by molar-refractivity contribution is 7.99. The van der Waals surface area contributed by atoms with E-state index in [4.69, 9.17) is 4.74 Å². The zero-order chi connectivity index (χ0) is 14.5. The summed E-state index contributed by atoms with van der Waals surface area (Å²) in [6, 6.07) is 15.8. The molecule has 21 heavy (non-hydrogen) atoms. The van der Waals surface area contributed by atoms with E-state index in [0.29, 0.717) is 0 Å². The summed E-state index contributed by atoms with van der Waals surface area (Å²) < 4.78 is 5.12. The van der Waals surface area contributed by atoms with Crippen LogP contribution in [0.4, 0.5) is 11.4 Å². The van der Waals surface area contributed by atoms with E-state index in [9.17, 15) is 4.79 Å². The molecule has 5 heteroatoms. The Kier molecular flexibility index (Phi) is 4.31. The van der Waals surface area contributed by atoms with Crippen molar-refractivity contribution in [2.24, 2.45) is 0 Å². The number of ether oxygens (including phenoxy) is 1. The molecule has 0 fully saturated rings. The number of hydrogen-bond acceptors (Lipinski definition) is 4. The number of hydrogen-bond donors (Lipinski definition) is 2. The van der Waals surface area contributed by atoms with Gasteiger partial charge in [-0.2, -0.15) is 0 Å². The molecule has 0 aromatic heterocycles. The smallest absolute Gasteiger partial charge is 0.262 e. The molecule has 4 rings (SSSR count). The van der Waals surface area contributed by atoms with Gasteiger partial charge in [-0.1, -0.05) is 24.3 Å². The normalized spacial score (nSPS) is 15.1. The van der Waals surface area contributed by atoms with Crippen molar-refractivity contribution in [3.05, 3.63) is 48.5 Å². The minimum atomic E-state index is -0.0938. The molecule has 0 aliphatic carbocycles. The van der Waals surface area contributed by atoms with E-state index in [2.05, 4.69) is 34.9 Å². The zero-order valence-corrected chi connectivity index (χ0v) is 12.3. The van der Waals surface area contributed by atoms with Gasteiger partial charge in [0.2, 0.25) is 0 Å². The predicted octanol–water partition coefficient (Wildman–Crippen LogP) is 3.22. The van der Waals surface area contributed by atoms with Crippen LogP contribution < -0.4 is 15.4 Å². The summed E-state index contributed by atoms with van der Waals surface area (Å²) in [5, 5.41) is 6.04. The molecule has 4 nitrogen and oxygen atoms in total. The van der Waals surface area contributed by atoms with E-state index < -0.39 is 0 Å². The molecule has 108 valence electrons. The van der Waals surface area contributed by atoms with Gasteiger partial charge in [0.15, 0.2) is 6.61 Å². The molecule has 0 radical (unpaired) electrons. The van der Waals surface area contributed by atoms with Gasteiger partial charge in [0.05, 0.1) is 5.69 Å². The summed E-state index contributed by atoms with van der Waals surface area (Å²) in [6.45, 7) is 1.22. The first kappa shape index (κ1) is 13.8. The summed E-state index contributed by atoms with van der Waals surface area (Å²) in [5.74, 6) is 1.84. The number of carbonyl (C=O) groups excluding carboxylic acids is 1.